The molecule has 3 atom stereocenters. The third-order valence-corrected chi connectivity index (χ3v) is 7.35. The summed E-state index contributed by atoms with van der Waals surface area (Å²) in [4.78, 5) is 36.0. The lowest BCUT2D eigenvalue weighted by atomic mass is 10.1. The van der Waals surface area contributed by atoms with Crippen molar-refractivity contribution in [3.8, 4) is 11.3 Å². The zero-order valence-corrected chi connectivity index (χ0v) is 20.7. The van der Waals surface area contributed by atoms with Gasteiger partial charge in [0.2, 0.25) is 11.9 Å². The minimum atomic E-state index is -1.10. The van der Waals surface area contributed by atoms with Crippen LogP contribution in [0.5, 0.6) is 0 Å². The average Bonchev–Trinajstić information content (AvgIpc) is 3.54. The number of hydrogen-bond acceptors (Lipinski definition) is 11. The highest BCUT2D eigenvalue weighted by Gasteiger charge is 2.38. The lowest BCUT2D eigenvalue weighted by molar-refractivity contribution is -0.119. The van der Waals surface area contributed by atoms with Crippen LogP contribution in [0.2, 0.25) is 0 Å². The standard InChI is InChI=1S/C22H29N9O3S/c1-13(31-12-25-17-16(31)19(33)29(3)22(34)28(17)2)18(32)27-21-26-15(11-35-21)14-9-23-20(24-10-14)30-7-5-4-6-8-30/h9-13,19,22,33-34H,4-8H2,1-3H3,(H,26,27,32)/t13-,19-,22-/m0/s1. The summed E-state index contributed by atoms with van der Waals surface area (Å²) in [6, 6.07) is -0.669. The van der Waals surface area contributed by atoms with E-state index < -0.39 is 18.6 Å². The van der Waals surface area contributed by atoms with E-state index in [2.05, 4.69) is 30.2 Å². The van der Waals surface area contributed by atoms with Crippen molar-refractivity contribution in [3.05, 3.63) is 29.8 Å². The number of anilines is 3. The number of amides is 1. The molecule has 3 N–H and O–H groups in total. The minimum Gasteiger partial charge on any atom is -0.372 e. The molecule has 12 nitrogen and oxygen atoms in total. The van der Waals surface area contributed by atoms with Crippen LogP contribution < -0.4 is 15.1 Å². The number of imidazole rings is 1. The van der Waals surface area contributed by atoms with Crippen LogP contribution in [0.25, 0.3) is 11.3 Å². The first-order valence-electron chi connectivity index (χ1n) is 11.6. The molecule has 1 fully saturated rings. The summed E-state index contributed by atoms with van der Waals surface area (Å²) >= 11 is 1.32. The molecule has 1 saturated heterocycles. The van der Waals surface area contributed by atoms with Gasteiger partial charge in [-0.1, -0.05) is 0 Å². The van der Waals surface area contributed by atoms with Crippen LogP contribution in [0, 0.1) is 0 Å². The molecule has 3 aromatic rings. The molecule has 2 aliphatic rings. The number of carbonyl (C=O) groups is 1. The van der Waals surface area contributed by atoms with Gasteiger partial charge in [-0.15, -0.1) is 11.3 Å². The maximum Gasteiger partial charge on any atom is 0.248 e. The summed E-state index contributed by atoms with van der Waals surface area (Å²) < 4.78 is 1.61. The van der Waals surface area contributed by atoms with Crippen LogP contribution in [0.1, 0.15) is 44.1 Å². The normalized spacial score (nSPS) is 21.6. The second-order valence-electron chi connectivity index (χ2n) is 8.88. The van der Waals surface area contributed by atoms with Crippen LogP contribution in [-0.2, 0) is 4.79 Å². The van der Waals surface area contributed by atoms with Crippen LogP contribution in [0.15, 0.2) is 24.1 Å². The largest absolute Gasteiger partial charge is 0.372 e. The van der Waals surface area contributed by atoms with Gasteiger partial charge in [0.15, 0.2) is 23.5 Å². The summed E-state index contributed by atoms with van der Waals surface area (Å²) in [5, 5.41) is 26.1. The van der Waals surface area contributed by atoms with E-state index >= 15 is 0 Å². The second kappa shape index (κ2) is 9.49. The summed E-state index contributed by atoms with van der Waals surface area (Å²) in [7, 11) is 3.27. The number of rotatable bonds is 5. The quantitative estimate of drug-likeness (QED) is 0.475. The Bertz CT molecular complexity index is 1190. The van der Waals surface area contributed by atoms with Gasteiger partial charge in [-0.3, -0.25) is 4.79 Å². The molecule has 5 rings (SSSR count). The molecule has 0 unspecified atom stereocenters. The lowest BCUT2D eigenvalue weighted by Gasteiger charge is -2.40. The number of hydrogen-bond donors (Lipinski definition) is 3. The monoisotopic (exact) mass is 499 g/mol. The van der Waals surface area contributed by atoms with E-state index in [1.165, 1.54) is 33.9 Å². The van der Waals surface area contributed by atoms with Crippen molar-refractivity contribution in [1.82, 2.24) is 29.4 Å². The fraction of sp³-hybridized carbons (Fsp3) is 0.500. The summed E-state index contributed by atoms with van der Waals surface area (Å²) in [6.07, 6.45) is 6.48. The number of fused-ring (bicyclic) bond motifs is 1. The molecule has 0 saturated carbocycles. The van der Waals surface area contributed by atoms with Crippen molar-refractivity contribution in [2.75, 3.05) is 42.3 Å². The Hall–Kier alpha value is -3.13. The van der Waals surface area contributed by atoms with E-state index in [0.29, 0.717) is 22.3 Å². The number of aromatic nitrogens is 5. The van der Waals surface area contributed by atoms with E-state index in [1.807, 2.05) is 5.38 Å². The Morgan fingerprint density at radius 3 is 2.57 bits per heavy atom. The molecular weight excluding hydrogens is 470 g/mol. The molecule has 0 radical (unpaired) electrons. The van der Waals surface area contributed by atoms with Crippen molar-refractivity contribution >= 4 is 34.1 Å². The third kappa shape index (κ3) is 4.35. The van der Waals surface area contributed by atoms with Gasteiger partial charge in [-0.25, -0.2) is 24.8 Å². The molecule has 5 heterocycles. The van der Waals surface area contributed by atoms with E-state index in [1.54, 1.807) is 38.0 Å². The Morgan fingerprint density at radius 1 is 1.14 bits per heavy atom. The van der Waals surface area contributed by atoms with Crippen molar-refractivity contribution in [2.24, 2.45) is 0 Å². The molecule has 0 bridgehead atoms. The topological polar surface area (TPSA) is 136 Å². The predicted octanol–water partition coefficient (Wildman–Crippen LogP) is 1.63. The molecule has 35 heavy (non-hydrogen) atoms. The highest BCUT2D eigenvalue weighted by molar-refractivity contribution is 7.14. The Kier molecular flexibility index (Phi) is 6.40. The van der Waals surface area contributed by atoms with Gasteiger partial charge >= 0.3 is 0 Å². The Morgan fingerprint density at radius 2 is 1.86 bits per heavy atom. The number of aliphatic hydroxyl groups excluding tert-OH is 2. The fourth-order valence-electron chi connectivity index (χ4n) is 4.40. The first kappa shape index (κ1) is 23.6. The smallest absolute Gasteiger partial charge is 0.248 e. The maximum absolute atomic E-state index is 13.0. The number of thiazole rings is 1. The van der Waals surface area contributed by atoms with Crippen LogP contribution in [0.4, 0.5) is 16.9 Å². The zero-order chi connectivity index (χ0) is 24.7. The van der Waals surface area contributed by atoms with Crippen molar-refractivity contribution in [1.29, 1.82) is 0 Å². The highest BCUT2D eigenvalue weighted by Crippen LogP contribution is 2.35. The number of nitrogens with one attached hydrogen (secondary N) is 1. The molecule has 0 aromatic carbocycles. The first-order chi connectivity index (χ1) is 16.8. The van der Waals surface area contributed by atoms with Crippen molar-refractivity contribution < 1.29 is 15.0 Å². The molecule has 1 amide bonds. The Balaban J connectivity index is 1.28. The number of piperidine rings is 1. The van der Waals surface area contributed by atoms with Gasteiger partial charge in [0.25, 0.3) is 0 Å². The SMILES string of the molecule is C[C@@H](C(=O)Nc1nc(-c2cnc(N3CCCCC3)nc2)cs1)n1cnc2c1[C@H](O)N(C)[C@@H](O)N2C. The molecular formula is C22H29N9O3S. The van der Waals surface area contributed by atoms with Gasteiger partial charge in [0, 0.05) is 43.5 Å². The first-order valence-corrected chi connectivity index (χ1v) is 12.4. The molecule has 186 valence electrons. The van der Waals surface area contributed by atoms with E-state index in [-0.39, 0.29) is 5.91 Å². The average molecular weight is 500 g/mol. The Labute approximate surface area is 206 Å². The van der Waals surface area contributed by atoms with Gasteiger partial charge < -0.3 is 29.9 Å². The van der Waals surface area contributed by atoms with Gasteiger partial charge in [0.05, 0.1) is 12.0 Å². The lowest BCUT2D eigenvalue weighted by Crippen LogP contribution is -2.51. The van der Waals surface area contributed by atoms with Gasteiger partial charge in [-0.05, 0) is 33.2 Å². The number of aliphatic hydroxyl groups is 2. The van der Waals surface area contributed by atoms with E-state index in [4.69, 9.17) is 0 Å². The molecule has 2 aliphatic heterocycles. The van der Waals surface area contributed by atoms with E-state index in [9.17, 15) is 15.0 Å². The summed E-state index contributed by atoms with van der Waals surface area (Å²) in [6.45, 7) is 3.68. The van der Waals surface area contributed by atoms with Gasteiger partial charge in [0.1, 0.15) is 11.7 Å². The highest BCUT2D eigenvalue weighted by atomic mass is 32.1. The van der Waals surface area contributed by atoms with Crippen LogP contribution in [-0.4, -0.2) is 79.1 Å². The minimum absolute atomic E-state index is 0.300. The van der Waals surface area contributed by atoms with Crippen LogP contribution >= 0.6 is 11.3 Å². The summed E-state index contributed by atoms with van der Waals surface area (Å²) in [5.74, 6) is 0.861. The van der Waals surface area contributed by atoms with Crippen LogP contribution in [0.3, 0.4) is 0 Å². The molecule has 0 aliphatic carbocycles. The third-order valence-electron chi connectivity index (χ3n) is 6.59. The summed E-state index contributed by atoms with van der Waals surface area (Å²) in [5.41, 5.74) is 1.91. The van der Waals surface area contributed by atoms with E-state index in [0.717, 1.165) is 37.4 Å². The van der Waals surface area contributed by atoms with Crippen molar-refractivity contribution in [3.63, 3.8) is 0 Å². The zero-order valence-electron chi connectivity index (χ0n) is 19.9. The number of carbonyl (C=O) groups excluding carboxylic acids is 1. The second-order valence-corrected chi connectivity index (χ2v) is 9.74. The fourth-order valence-corrected chi connectivity index (χ4v) is 5.12. The van der Waals surface area contributed by atoms with Gasteiger partial charge in [-0.2, -0.15) is 0 Å². The molecule has 3 aromatic heterocycles. The predicted molar refractivity (Wildman–Crippen MR) is 132 cm³/mol. The molecule has 13 heteroatoms. The van der Waals surface area contributed by atoms with Crippen molar-refractivity contribution in [2.45, 2.75) is 44.8 Å². The maximum atomic E-state index is 13.0. The number of nitrogens with zero attached hydrogens (tertiary/aromatic N) is 8. The molecule has 0 spiro atoms.